The first-order valence-electron chi connectivity index (χ1n) is 10.8. The molecule has 0 aromatic heterocycles. The van der Waals surface area contributed by atoms with Gasteiger partial charge in [0.05, 0.1) is 12.3 Å². The second kappa shape index (κ2) is 11.2. The molecule has 0 radical (unpaired) electrons. The molecule has 2 aromatic rings. The number of hydrogen-bond donors (Lipinski definition) is 2. The fourth-order valence-electron chi connectivity index (χ4n) is 3.51. The zero-order valence-electron chi connectivity index (χ0n) is 18.1. The van der Waals surface area contributed by atoms with Crippen LogP contribution in [0, 0.1) is 0 Å². The number of nitrogens with one attached hydrogen (secondary N) is 1. The number of ketones is 1. The summed E-state index contributed by atoms with van der Waals surface area (Å²) in [5, 5.41) is 12.2. The van der Waals surface area contributed by atoms with E-state index < -0.39 is 6.09 Å². The van der Waals surface area contributed by atoms with Crippen molar-refractivity contribution < 1.29 is 29.0 Å². The molecule has 1 heterocycles. The van der Waals surface area contributed by atoms with Gasteiger partial charge in [-0.15, -0.1) is 0 Å². The van der Waals surface area contributed by atoms with Crippen molar-refractivity contribution in [3.8, 4) is 11.5 Å². The van der Waals surface area contributed by atoms with E-state index in [4.69, 9.17) is 9.47 Å². The summed E-state index contributed by atoms with van der Waals surface area (Å²) in [4.78, 5) is 36.9. The van der Waals surface area contributed by atoms with Crippen LogP contribution >= 0.6 is 0 Å². The van der Waals surface area contributed by atoms with Crippen molar-refractivity contribution in [1.82, 2.24) is 4.90 Å². The van der Waals surface area contributed by atoms with Gasteiger partial charge in [0.1, 0.15) is 11.5 Å². The minimum absolute atomic E-state index is 0.0294. The molecule has 0 spiro atoms. The number of ether oxygens (including phenoxy) is 2. The molecule has 0 bridgehead atoms. The molecule has 8 nitrogen and oxygen atoms in total. The molecule has 2 N–H and O–H groups in total. The Bertz CT molecular complexity index is 975. The number of unbranched alkanes of at least 4 members (excludes halogenated alkanes) is 1. The number of benzene rings is 2. The number of rotatable bonds is 11. The lowest BCUT2D eigenvalue weighted by atomic mass is 10.0. The van der Waals surface area contributed by atoms with Crippen LogP contribution in [-0.4, -0.2) is 54.1 Å². The van der Waals surface area contributed by atoms with Crippen molar-refractivity contribution in [3.63, 3.8) is 0 Å². The first-order valence-corrected chi connectivity index (χ1v) is 10.8. The Morgan fingerprint density at radius 2 is 2.00 bits per heavy atom. The van der Waals surface area contributed by atoms with Gasteiger partial charge >= 0.3 is 6.09 Å². The van der Waals surface area contributed by atoms with Gasteiger partial charge in [0, 0.05) is 25.1 Å². The second-order valence-corrected chi connectivity index (χ2v) is 7.53. The predicted molar refractivity (Wildman–Crippen MR) is 120 cm³/mol. The van der Waals surface area contributed by atoms with Crippen LogP contribution < -0.4 is 14.8 Å². The Balaban J connectivity index is 1.45. The third-order valence-corrected chi connectivity index (χ3v) is 5.17. The molecule has 170 valence electrons. The summed E-state index contributed by atoms with van der Waals surface area (Å²) in [6.07, 6.45) is 1.08. The first-order chi connectivity index (χ1) is 15.5. The lowest BCUT2D eigenvalue weighted by Crippen LogP contribution is -2.32. The van der Waals surface area contributed by atoms with E-state index in [2.05, 4.69) is 5.32 Å². The largest absolute Gasteiger partial charge is 0.494 e. The molecule has 2 aromatic carbocycles. The van der Waals surface area contributed by atoms with E-state index in [1.165, 1.54) is 4.90 Å². The molecule has 0 aliphatic carbocycles. The highest BCUT2D eigenvalue weighted by Gasteiger charge is 2.18. The van der Waals surface area contributed by atoms with E-state index >= 15 is 0 Å². The molecule has 0 saturated carbocycles. The van der Waals surface area contributed by atoms with Crippen molar-refractivity contribution in [2.75, 3.05) is 31.6 Å². The maximum absolute atomic E-state index is 12.5. The molecule has 0 fully saturated rings. The van der Waals surface area contributed by atoms with Gasteiger partial charge in [-0.3, -0.25) is 9.59 Å². The number of nitrogens with zero attached hydrogens (tertiary/aromatic N) is 1. The number of Topliss-reactive ketones (excluding diaryl/α,β-unsaturated/α-hetero) is 1. The number of carboxylic acid groups (broad SMARTS) is 1. The summed E-state index contributed by atoms with van der Waals surface area (Å²) in [5.41, 5.74) is 2.01. The molecule has 0 atom stereocenters. The van der Waals surface area contributed by atoms with Gasteiger partial charge in [-0.2, -0.15) is 0 Å². The number of anilines is 1. The van der Waals surface area contributed by atoms with E-state index in [0.717, 1.165) is 11.3 Å². The van der Waals surface area contributed by atoms with Crippen LogP contribution in [0.1, 0.15) is 42.1 Å². The number of carbonyl (C=O) groups is 3. The minimum Gasteiger partial charge on any atom is -0.494 e. The lowest BCUT2D eigenvalue weighted by Gasteiger charge is -2.19. The maximum atomic E-state index is 12.5. The highest BCUT2D eigenvalue weighted by molar-refractivity contribution is 6.00. The molecular weight excluding hydrogens is 412 g/mol. The monoisotopic (exact) mass is 440 g/mol. The molecular formula is C24H28N2O6. The SMILES string of the molecule is CCOc1cccc(CCN(CCCCC(=O)c2ccc3c(c2)NC(=O)CO3)C(=O)O)c1. The van der Waals surface area contributed by atoms with Crippen LogP contribution in [0.3, 0.4) is 0 Å². The van der Waals surface area contributed by atoms with Gasteiger partial charge in [-0.25, -0.2) is 4.79 Å². The maximum Gasteiger partial charge on any atom is 0.407 e. The van der Waals surface area contributed by atoms with Crippen molar-refractivity contribution in [2.24, 2.45) is 0 Å². The van der Waals surface area contributed by atoms with Crippen LogP contribution in [-0.2, 0) is 11.2 Å². The van der Waals surface area contributed by atoms with Gasteiger partial charge < -0.3 is 24.8 Å². The molecule has 3 rings (SSSR count). The number of fused-ring (bicyclic) bond motifs is 1. The van der Waals surface area contributed by atoms with Crippen LogP contribution in [0.15, 0.2) is 42.5 Å². The van der Waals surface area contributed by atoms with Gasteiger partial charge in [0.15, 0.2) is 12.4 Å². The summed E-state index contributed by atoms with van der Waals surface area (Å²) in [7, 11) is 0. The topological polar surface area (TPSA) is 105 Å². The quantitative estimate of drug-likeness (QED) is 0.404. The lowest BCUT2D eigenvalue weighted by molar-refractivity contribution is -0.118. The minimum atomic E-state index is -0.970. The van der Waals surface area contributed by atoms with Crippen molar-refractivity contribution in [3.05, 3.63) is 53.6 Å². The van der Waals surface area contributed by atoms with Crippen molar-refractivity contribution in [2.45, 2.75) is 32.6 Å². The molecule has 1 aliphatic rings. The van der Waals surface area contributed by atoms with Crippen molar-refractivity contribution in [1.29, 1.82) is 0 Å². The fourth-order valence-corrected chi connectivity index (χ4v) is 3.51. The summed E-state index contributed by atoms with van der Waals surface area (Å²) in [6, 6.07) is 12.6. The van der Waals surface area contributed by atoms with Crippen LogP contribution in [0.4, 0.5) is 10.5 Å². The van der Waals surface area contributed by atoms with Gasteiger partial charge in [0.25, 0.3) is 5.91 Å². The predicted octanol–water partition coefficient (Wildman–Crippen LogP) is 3.99. The van der Waals surface area contributed by atoms with Crippen LogP contribution in [0.5, 0.6) is 11.5 Å². The Morgan fingerprint density at radius 3 is 2.78 bits per heavy atom. The Kier molecular flexibility index (Phi) is 8.08. The van der Waals surface area contributed by atoms with Crippen LogP contribution in [0.2, 0.25) is 0 Å². The number of hydrogen-bond acceptors (Lipinski definition) is 5. The molecule has 2 amide bonds. The van der Waals surface area contributed by atoms with Crippen molar-refractivity contribution >= 4 is 23.5 Å². The molecule has 0 unspecified atom stereocenters. The standard InChI is InChI=1S/C24H28N2O6/c1-2-31-19-7-5-6-17(14-19)11-13-26(24(29)30)12-4-3-8-21(27)18-9-10-22-20(15-18)25-23(28)16-32-22/h5-7,9-10,14-15H,2-4,8,11-13,16H2,1H3,(H,25,28)(H,29,30). The normalized spacial score (nSPS) is 12.3. The first kappa shape index (κ1) is 23.1. The van der Waals surface area contributed by atoms with E-state index in [9.17, 15) is 19.5 Å². The van der Waals surface area contributed by atoms with E-state index in [0.29, 0.717) is 62.4 Å². The average molecular weight is 440 g/mol. The molecule has 1 aliphatic heterocycles. The third kappa shape index (κ3) is 6.47. The third-order valence-electron chi connectivity index (χ3n) is 5.17. The molecule has 8 heteroatoms. The van der Waals surface area contributed by atoms with E-state index in [1.807, 2.05) is 31.2 Å². The van der Waals surface area contributed by atoms with E-state index in [-0.39, 0.29) is 18.3 Å². The zero-order valence-corrected chi connectivity index (χ0v) is 18.1. The zero-order chi connectivity index (χ0) is 22.9. The Labute approximate surface area is 187 Å². The van der Waals surface area contributed by atoms with Crippen LogP contribution in [0.25, 0.3) is 0 Å². The second-order valence-electron chi connectivity index (χ2n) is 7.53. The van der Waals surface area contributed by atoms with Gasteiger partial charge in [-0.1, -0.05) is 12.1 Å². The Morgan fingerprint density at radius 1 is 1.16 bits per heavy atom. The summed E-state index contributed by atoms with van der Waals surface area (Å²) in [5.74, 6) is 1.02. The number of amides is 2. The summed E-state index contributed by atoms with van der Waals surface area (Å²) >= 11 is 0. The van der Waals surface area contributed by atoms with Gasteiger partial charge in [0.2, 0.25) is 0 Å². The molecule has 32 heavy (non-hydrogen) atoms. The highest BCUT2D eigenvalue weighted by Crippen LogP contribution is 2.29. The average Bonchev–Trinajstić information content (AvgIpc) is 2.78. The summed E-state index contributed by atoms with van der Waals surface area (Å²) < 4.78 is 10.8. The Hall–Kier alpha value is -3.55. The van der Waals surface area contributed by atoms with Gasteiger partial charge in [-0.05, 0) is 62.1 Å². The highest BCUT2D eigenvalue weighted by atomic mass is 16.5. The number of carbonyl (C=O) groups excluding carboxylic acids is 2. The smallest absolute Gasteiger partial charge is 0.407 e. The van der Waals surface area contributed by atoms with E-state index in [1.54, 1.807) is 18.2 Å². The summed E-state index contributed by atoms with van der Waals surface area (Å²) in [6.45, 7) is 3.21. The fraction of sp³-hybridized carbons (Fsp3) is 0.375. The molecule has 0 saturated heterocycles.